The Morgan fingerprint density at radius 1 is 1.08 bits per heavy atom. The molecule has 6 heteroatoms. The quantitative estimate of drug-likeness (QED) is 0.733. The molecule has 2 aromatic rings. The van der Waals surface area contributed by atoms with Gasteiger partial charge < -0.3 is 4.74 Å². The lowest BCUT2D eigenvalue weighted by Crippen LogP contribution is -2.29. The van der Waals surface area contributed by atoms with Gasteiger partial charge in [-0.25, -0.2) is 13.1 Å². The highest BCUT2D eigenvalue weighted by molar-refractivity contribution is 7.88. The number of para-hydroxylation sites is 1. The first kappa shape index (κ1) is 19.8. The Kier molecular flexibility index (Phi) is 6.49. The number of halogens is 1. The maximum atomic E-state index is 12.1. The van der Waals surface area contributed by atoms with Crippen molar-refractivity contribution in [2.45, 2.75) is 31.9 Å². The molecule has 0 fully saturated rings. The highest BCUT2D eigenvalue weighted by atomic mass is 35.5. The topological polar surface area (TPSA) is 55.4 Å². The average Bonchev–Trinajstić information content (AvgIpc) is 2.50. The largest absolute Gasteiger partial charge is 0.492 e. The number of rotatable bonds is 7. The maximum Gasteiger partial charge on any atom is 0.215 e. The van der Waals surface area contributed by atoms with Crippen molar-refractivity contribution in [2.75, 3.05) is 13.2 Å². The second kappa shape index (κ2) is 8.21. The normalized spacial score (nSPS) is 12.2. The summed E-state index contributed by atoms with van der Waals surface area (Å²) in [5.74, 6) is 0.676. The molecule has 25 heavy (non-hydrogen) atoms. The van der Waals surface area contributed by atoms with E-state index in [9.17, 15) is 8.42 Å². The molecular weight excluding hydrogens is 358 g/mol. The minimum Gasteiger partial charge on any atom is -0.492 e. The lowest BCUT2D eigenvalue weighted by Gasteiger charge is -2.22. The van der Waals surface area contributed by atoms with Crippen LogP contribution in [0.25, 0.3) is 0 Å². The van der Waals surface area contributed by atoms with Crippen LogP contribution in [0, 0.1) is 0 Å². The number of sulfonamides is 1. The van der Waals surface area contributed by atoms with Gasteiger partial charge in [0.1, 0.15) is 12.4 Å². The standard InChI is InChI=1S/C19H24ClNO3S/c1-19(2,3)17-9-4-5-10-18(17)24-12-11-21-25(22,23)14-15-7-6-8-16(20)13-15/h4-10,13,21H,11-12,14H2,1-3H3. The molecule has 4 nitrogen and oxygen atoms in total. The number of hydrogen-bond acceptors (Lipinski definition) is 3. The van der Waals surface area contributed by atoms with Gasteiger partial charge in [0, 0.05) is 11.6 Å². The van der Waals surface area contributed by atoms with Gasteiger partial charge in [-0.15, -0.1) is 0 Å². The smallest absolute Gasteiger partial charge is 0.215 e. The van der Waals surface area contributed by atoms with E-state index < -0.39 is 10.0 Å². The molecule has 0 spiro atoms. The van der Waals surface area contributed by atoms with Gasteiger partial charge in [0.25, 0.3) is 0 Å². The van der Waals surface area contributed by atoms with Gasteiger partial charge in [-0.1, -0.05) is 62.7 Å². The summed E-state index contributed by atoms with van der Waals surface area (Å²) in [5.41, 5.74) is 1.71. The molecule has 0 aromatic heterocycles. The molecule has 0 aliphatic rings. The summed E-state index contributed by atoms with van der Waals surface area (Å²) in [6.45, 7) is 6.82. The molecule has 0 bridgehead atoms. The van der Waals surface area contributed by atoms with Gasteiger partial charge in [0.15, 0.2) is 0 Å². The van der Waals surface area contributed by atoms with Crippen LogP contribution >= 0.6 is 11.6 Å². The van der Waals surface area contributed by atoms with Gasteiger partial charge in [0.05, 0.1) is 5.75 Å². The zero-order valence-electron chi connectivity index (χ0n) is 14.8. The Labute approximate surface area is 155 Å². The molecule has 0 aliphatic heterocycles. The zero-order valence-corrected chi connectivity index (χ0v) is 16.3. The van der Waals surface area contributed by atoms with Crippen LogP contribution in [0.5, 0.6) is 5.75 Å². The van der Waals surface area contributed by atoms with Crippen LogP contribution in [0.2, 0.25) is 5.02 Å². The van der Waals surface area contributed by atoms with Crippen LogP contribution in [0.4, 0.5) is 0 Å². The van der Waals surface area contributed by atoms with Crippen LogP contribution in [0.15, 0.2) is 48.5 Å². The Balaban J connectivity index is 1.89. The third kappa shape index (κ3) is 6.34. The predicted molar refractivity (Wildman–Crippen MR) is 103 cm³/mol. The fourth-order valence-electron chi connectivity index (χ4n) is 2.47. The summed E-state index contributed by atoms with van der Waals surface area (Å²) < 4.78 is 32.6. The SMILES string of the molecule is CC(C)(C)c1ccccc1OCCNS(=O)(=O)Cc1cccc(Cl)c1. The van der Waals surface area contributed by atoms with E-state index in [1.165, 1.54) is 0 Å². The van der Waals surface area contributed by atoms with Crippen molar-refractivity contribution < 1.29 is 13.2 Å². The first-order valence-electron chi connectivity index (χ1n) is 8.11. The first-order valence-corrected chi connectivity index (χ1v) is 10.1. The Hall–Kier alpha value is -1.56. The predicted octanol–water partition coefficient (Wildman–Crippen LogP) is 4.14. The minimum absolute atomic E-state index is 0.0390. The molecule has 0 atom stereocenters. The number of ether oxygens (including phenoxy) is 1. The maximum absolute atomic E-state index is 12.1. The molecule has 0 heterocycles. The summed E-state index contributed by atoms with van der Waals surface area (Å²) in [5, 5.41) is 0.523. The third-order valence-electron chi connectivity index (χ3n) is 3.62. The molecule has 2 rings (SSSR count). The molecule has 0 amide bonds. The van der Waals surface area contributed by atoms with Crippen LogP contribution < -0.4 is 9.46 Å². The van der Waals surface area contributed by atoms with Gasteiger partial charge in [-0.2, -0.15) is 0 Å². The van der Waals surface area contributed by atoms with Crippen molar-refractivity contribution >= 4 is 21.6 Å². The average molecular weight is 382 g/mol. The Morgan fingerprint density at radius 3 is 2.48 bits per heavy atom. The summed E-state index contributed by atoms with van der Waals surface area (Å²) >= 11 is 5.88. The van der Waals surface area contributed by atoms with Crippen LogP contribution in [-0.4, -0.2) is 21.6 Å². The van der Waals surface area contributed by atoms with Crippen molar-refractivity contribution in [3.63, 3.8) is 0 Å². The second-order valence-electron chi connectivity index (χ2n) is 6.88. The minimum atomic E-state index is -3.43. The molecule has 0 unspecified atom stereocenters. The van der Waals surface area contributed by atoms with Crippen molar-refractivity contribution in [1.29, 1.82) is 0 Å². The summed E-state index contributed by atoms with van der Waals surface area (Å²) in [7, 11) is -3.43. The van der Waals surface area contributed by atoms with Gasteiger partial charge in [-0.3, -0.25) is 0 Å². The highest BCUT2D eigenvalue weighted by Gasteiger charge is 2.18. The van der Waals surface area contributed by atoms with E-state index in [1.807, 2.05) is 24.3 Å². The van der Waals surface area contributed by atoms with Gasteiger partial charge in [-0.05, 0) is 34.7 Å². The molecule has 2 aromatic carbocycles. The molecule has 0 aliphatic carbocycles. The van der Waals surface area contributed by atoms with E-state index in [0.29, 0.717) is 10.6 Å². The highest BCUT2D eigenvalue weighted by Crippen LogP contribution is 2.30. The Bertz CT molecular complexity index is 813. The third-order valence-corrected chi connectivity index (χ3v) is 5.21. The molecule has 0 radical (unpaired) electrons. The lowest BCUT2D eigenvalue weighted by atomic mass is 9.86. The zero-order chi connectivity index (χ0) is 18.5. The fraction of sp³-hybridized carbons (Fsp3) is 0.368. The fourth-order valence-corrected chi connectivity index (χ4v) is 3.80. The van der Waals surface area contributed by atoms with E-state index in [4.69, 9.17) is 16.3 Å². The van der Waals surface area contributed by atoms with Gasteiger partial charge in [0.2, 0.25) is 10.0 Å². The van der Waals surface area contributed by atoms with Crippen molar-refractivity contribution in [3.05, 3.63) is 64.7 Å². The number of benzene rings is 2. The van der Waals surface area contributed by atoms with E-state index in [1.54, 1.807) is 24.3 Å². The summed E-state index contributed by atoms with van der Waals surface area (Å²) in [6.07, 6.45) is 0. The Morgan fingerprint density at radius 2 is 1.80 bits per heavy atom. The van der Waals surface area contributed by atoms with Crippen molar-refractivity contribution in [3.8, 4) is 5.75 Å². The van der Waals surface area contributed by atoms with E-state index in [-0.39, 0.29) is 24.3 Å². The second-order valence-corrected chi connectivity index (χ2v) is 9.12. The summed E-state index contributed by atoms with van der Waals surface area (Å²) in [6, 6.07) is 14.7. The first-order chi connectivity index (χ1) is 11.7. The molecule has 1 N–H and O–H groups in total. The monoisotopic (exact) mass is 381 g/mol. The van der Waals surface area contributed by atoms with E-state index in [0.717, 1.165) is 11.3 Å². The molecular formula is C19H24ClNO3S. The number of hydrogen-bond donors (Lipinski definition) is 1. The lowest BCUT2D eigenvalue weighted by molar-refractivity contribution is 0.314. The van der Waals surface area contributed by atoms with Crippen LogP contribution in [0.3, 0.4) is 0 Å². The molecule has 0 saturated heterocycles. The van der Waals surface area contributed by atoms with E-state index in [2.05, 4.69) is 25.5 Å². The summed E-state index contributed by atoms with van der Waals surface area (Å²) in [4.78, 5) is 0. The van der Waals surface area contributed by atoms with Crippen molar-refractivity contribution in [1.82, 2.24) is 4.72 Å². The van der Waals surface area contributed by atoms with Crippen LogP contribution in [-0.2, 0) is 21.2 Å². The van der Waals surface area contributed by atoms with Crippen molar-refractivity contribution in [2.24, 2.45) is 0 Å². The molecule has 136 valence electrons. The van der Waals surface area contributed by atoms with Gasteiger partial charge >= 0.3 is 0 Å². The van der Waals surface area contributed by atoms with Crippen LogP contribution in [0.1, 0.15) is 31.9 Å². The number of nitrogens with one attached hydrogen (secondary N) is 1. The van der Waals surface area contributed by atoms with E-state index >= 15 is 0 Å². The molecule has 0 saturated carbocycles.